The molecule has 3 rings (SSSR count). The zero-order valence-electron chi connectivity index (χ0n) is 28.0. The Morgan fingerprint density at radius 3 is 2.07 bits per heavy atom. The van der Waals surface area contributed by atoms with Crippen LogP contribution in [0.3, 0.4) is 0 Å². The molecule has 0 heterocycles. The van der Waals surface area contributed by atoms with Crippen molar-refractivity contribution in [2.45, 2.75) is 93.2 Å². The van der Waals surface area contributed by atoms with E-state index in [-0.39, 0.29) is 30.3 Å². The summed E-state index contributed by atoms with van der Waals surface area (Å²) in [6, 6.07) is 17.8. The van der Waals surface area contributed by atoms with Gasteiger partial charge in [-0.3, -0.25) is 14.2 Å². The lowest BCUT2D eigenvalue weighted by atomic mass is 9.93. The fourth-order valence-corrected chi connectivity index (χ4v) is 6.65. The van der Waals surface area contributed by atoms with Gasteiger partial charge in [-0.2, -0.15) is 0 Å². The molecule has 1 N–H and O–H groups in total. The van der Waals surface area contributed by atoms with Gasteiger partial charge in [-0.05, 0) is 104 Å². The smallest absolute Gasteiger partial charge is 0.354 e. The summed E-state index contributed by atoms with van der Waals surface area (Å²) in [6.07, 6.45) is 0.391. The van der Waals surface area contributed by atoms with Gasteiger partial charge in [0.1, 0.15) is 23.3 Å². The van der Waals surface area contributed by atoms with Gasteiger partial charge in [-0.15, -0.1) is 0 Å². The summed E-state index contributed by atoms with van der Waals surface area (Å²) < 4.78 is 37.3. The molecule has 3 aromatic carbocycles. The monoisotopic (exact) mass is 637 g/mol. The standard InChI is InChI=1S/C36H48NO7P/c1-10-34(38)43-33-17-16-28(20-31(33)23(2)3)21-32-26(8)18-30(19-27(32)9)41-22-45(40,44-29-14-12-11-13-15-29)37-35(24(4)5)36(39)42-25(6)7/h11-20,23-25,35H,10,21-22H2,1-9H3,(H,37,40)/t35-,45?/m0/s1. The SMILES string of the molecule is CCC(=O)Oc1ccc(Cc2c(C)cc(OCP(=O)(N[C@H](C(=O)OC(C)C)C(C)C)Oc3ccccc3)cc2C)cc1C(C)C. The Hall–Kier alpha value is -3.61. The average Bonchev–Trinajstić information content (AvgIpc) is 2.97. The van der Waals surface area contributed by atoms with E-state index in [1.807, 2.05) is 58.0 Å². The highest BCUT2D eigenvalue weighted by atomic mass is 31.2. The minimum atomic E-state index is -3.75. The Morgan fingerprint density at radius 2 is 1.51 bits per heavy atom. The fourth-order valence-electron chi connectivity index (χ4n) is 4.86. The van der Waals surface area contributed by atoms with Crippen molar-refractivity contribution in [1.29, 1.82) is 0 Å². The van der Waals surface area contributed by atoms with Gasteiger partial charge in [0.15, 0.2) is 6.35 Å². The molecule has 0 aliphatic rings. The predicted octanol–water partition coefficient (Wildman–Crippen LogP) is 8.51. The molecule has 0 aromatic heterocycles. The van der Waals surface area contributed by atoms with Crippen molar-refractivity contribution in [1.82, 2.24) is 5.09 Å². The van der Waals surface area contributed by atoms with E-state index in [4.69, 9.17) is 18.7 Å². The Bertz CT molecular complexity index is 1480. The summed E-state index contributed by atoms with van der Waals surface area (Å²) in [7, 11) is -3.75. The second-order valence-electron chi connectivity index (χ2n) is 12.3. The maximum atomic E-state index is 14.2. The van der Waals surface area contributed by atoms with Gasteiger partial charge >= 0.3 is 19.5 Å². The normalized spacial score (nSPS) is 13.4. The van der Waals surface area contributed by atoms with Gasteiger partial charge in [0.05, 0.1) is 6.10 Å². The molecule has 0 aliphatic heterocycles. The molecular weight excluding hydrogens is 589 g/mol. The molecule has 2 atom stereocenters. The van der Waals surface area contributed by atoms with Gasteiger partial charge in [-0.1, -0.05) is 65.0 Å². The van der Waals surface area contributed by atoms with E-state index in [0.29, 0.717) is 30.1 Å². The molecule has 0 fully saturated rings. The first-order chi connectivity index (χ1) is 21.2. The third-order valence-corrected chi connectivity index (χ3v) is 8.91. The van der Waals surface area contributed by atoms with Gasteiger partial charge in [0.2, 0.25) is 0 Å². The van der Waals surface area contributed by atoms with Crippen LogP contribution in [0.5, 0.6) is 17.2 Å². The van der Waals surface area contributed by atoms with Crippen LogP contribution in [0.2, 0.25) is 0 Å². The molecule has 0 amide bonds. The fraction of sp³-hybridized carbons (Fsp3) is 0.444. The number of rotatable bonds is 15. The maximum absolute atomic E-state index is 14.2. The molecular formula is C36H48NO7P. The minimum absolute atomic E-state index is 0.188. The molecule has 0 saturated heterocycles. The Balaban J connectivity index is 1.84. The van der Waals surface area contributed by atoms with E-state index in [1.54, 1.807) is 45.0 Å². The summed E-state index contributed by atoms with van der Waals surface area (Å²) >= 11 is 0. The summed E-state index contributed by atoms with van der Waals surface area (Å²) in [5.41, 5.74) is 5.28. The first-order valence-electron chi connectivity index (χ1n) is 15.6. The Kier molecular flexibility index (Phi) is 12.8. The van der Waals surface area contributed by atoms with Gasteiger partial charge in [0.25, 0.3) is 0 Å². The van der Waals surface area contributed by atoms with E-state index in [0.717, 1.165) is 27.8 Å². The minimum Gasteiger partial charge on any atom is -0.481 e. The van der Waals surface area contributed by atoms with Crippen LogP contribution < -0.4 is 19.1 Å². The van der Waals surface area contributed by atoms with Crippen molar-refractivity contribution in [3.63, 3.8) is 0 Å². The average molecular weight is 638 g/mol. The number of carbonyl (C=O) groups is 2. The second-order valence-corrected chi connectivity index (χ2v) is 14.3. The number of carbonyl (C=O) groups excluding carboxylic acids is 2. The van der Waals surface area contributed by atoms with Crippen LogP contribution in [0.15, 0.2) is 60.7 Å². The van der Waals surface area contributed by atoms with Gasteiger partial charge in [0, 0.05) is 6.42 Å². The number of benzene rings is 3. The van der Waals surface area contributed by atoms with E-state index >= 15 is 0 Å². The Morgan fingerprint density at radius 1 is 0.867 bits per heavy atom. The molecule has 0 bridgehead atoms. The number of hydrogen-bond acceptors (Lipinski definition) is 7. The molecule has 0 radical (unpaired) electrons. The number of esters is 2. The lowest BCUT2D eigenvalue weighted by Crippen LogP contribution is -2.42. The van der Waals surface area contributed by atoms with Crippen molar-refractivity contribution in [3.8, 4) is 17.2 Å². The van der Waals surface area contributed by atoms with Crippen molar-refractivity contribution < 1.29 is 32.9 Å². The van der Waals surface area contributed by atoms with Crippen LogP contribution in [0.1, 0.15) is 88.6 Å². The van der Waals surface area contributed by atoms with Crippen molar-refractivity contribution in [2.24, 2.45) is 5.92 Å². The summed E-state index contributed by atoms with van der Waals surface area (Å²) in [6.45, 7) is 17.2. The highest BCUT2D eigenvalue weighted by Crippen LogP contribution is 2.45. The molecule has 0 saturated carbocycles. The molecule has 9 heteroatoms. The van der Waals surface area contributed by atoms with E-state index in [9.17, 15) is 14.2 Å². The highest BCUT2D eigenvalue weighted by molar-refractivity contribution is 7.57. The molecule has 1 unspecified atom stereocenters. The zero-order chi connectivity index (χ0) is 33.3. The van der Waals surface area contributed by atoms with E-state index < -0.39 is 19.5 Å². The van der Waals surface area contributed by atoms with Gasteiger partial charge < -0.3 is 18.7 Å². The van der Waals surface area contributed by atoms with E-state index in [1.165, 1.54) is 0 Å². The van der Waals surface area contributed by atoms with Crippen molar-refractivity contribution in [3.05, 3.63) is 88.5 Å². The first kappa shape index (κ1) is 35.9. The molecule has 244 valence electrons. The lowest BCUT2D eigenvalue weighted by Gasteiger charge is -2.28. The Labute approximate surface area is 268 Å². The molecule has 0 aliphatic carbocycles. The van der Waals surface area contributed by atoms with Crippen molar-refractivity contribution >= 4 is 19.5 Å². The van der Waals surface area contributed by atoms with Crippen LogP contribution in [0, 0.1) is 19.8 Å². The summed E-state index contributed by atoms with van der Waals surface area (Å²) in [4.78, 5) is 24.8. The highest BCUT2D eigenvalue weighted by Gasteiger charge is 2.36. The topological polar surface area (TPSA) is 100 Å². The van der Waals surface area contributed by atoms with Crippen LogP contribution in [-0.2, 0) is 25.3 Å². The second kappa shape index (κ2) is 16.1. The lowest BCUT2D eigenvalue weighted by molar-refractivity contribution is -0.150. The van der Waals surface area contributed by atoms with Crippen LogP contribution in [0.25, 0.3) is 0 Å². The third kappa shape index (κ3) is 10.5. The number of para-hydroxylation sites is 1. The maximum Gasteiger partial charge on any atom is 0.354 e. The van der Waals surface area contributed by atoms with Crippen molar-refractivity contribution in [2.75, 3.05) is 6.35 Å². The molecule has 3 aromatic rings. The van der Waals surface area contributed by atoms with E-state index in [2.05, 4.69) is 25.0 Å². The zero-order valence-corrected chi connectivity index (χ0v) is 28.9. The first-order valence-corrected chi connectivity index (χ1v) is 17.4. The number of nitrogens with one attached hydrogen (secondary N) is 1. The summed E-state index contributed by atoms with van der Waals surface area (Å²) in [5.74, 6) is 0.773. The number of hydrogen-bond donors (Lipinski definition) is 1. The molecule has 0 spiro atoms. The summed E-state index contributed by atoms with van der Waals surface area (Å²) in [5, 5.41) is 2.96. The van der Waals surface area contributed by atoms with Crippen LogP contribution in [0.4, 0.5) is 0 Å². The quantitative estimate of drug-likeness (QED) is 0.101. The predicted molar refractivity (Wildman–Crippen MR) is 178 cm³/mol. The van der Waals surface area contributed by atoms with Gasteiger partial charge in [-0.25, -0.2) is 5.09 Å². The van der Waals surface area contributed by atoms with Crippen LogP contribution in [-0.4, -0.2) is 30.4 Å². The molecule has 45 heavy (non-hydrogen) atoms. The number of ether oxygens (including phenoxy) is 3. The third-order valence-electron chi connectivity index (χ3n) is 7.26. The molecule has 8 nitrogen and oxygen atoms in total. The number of aryl methyl sites for hydroxylation is 2. The largest absolute Gasteiger partial charge is 0.481 e. The van der Waals surface area contributed by atoms with Crippen LogP contribution >= 0.6 is 7.52 Å².